The number of rotatable bonds is 9. The van der Waals surface area contributed by atoms with Gasteiger partial charge in [0, 0.05) is 28.9 Å². The number of carbonyl (C=O) groups is 2. The molecule has 0 bridgehead atoms. The lowest BCUT2D eigenvalue weighted by molar-refractivity contribution is -0.121. The Kier molecular flexibility index (Phi) is 7.85. The summed E-state index contributed by atoms with van der Waals surface area (Å²) in [5.74, 6) is 0.751. The summed E-state index contributed by atoms with van der Waals surface area (Å²) in [6.07, 6.45) is 2.04. The highest BCUT2D eigenvalue weighted by molar-refractivity contribution is 9.10. The van der Waals surface area contributed by atoms with E-state index >= 15 is 0 Å². The summed E-state index contributed by atoms with van der Waals surface area (Å²) in [6.45, 7) is 1.99. The maximum absolute atomic E-state index is 12.1. The minimum absolute atomic E-state index is 0.0165. The summed E-state index contributed by atoms with van der Waals surface area (Å²) in [7, 11) is 1.59. The lowest BCUT2D eigenvalue weighted by atomic mass is 10.0. The van der Waals surface area contributed by atoms with Gasteiger partial charge in [-0.2, -0.15) is 0 Å². The molecule has 26 heavy (non-hydrogen) atoms. The zero-order valence-corrected chi connectivity index (χ0v) is 16.7. The van der Waals surface area contributed by atoms with Crippen LogP contribution in [0.15, 0.2) is 53.0 Å². The van der Waals surface area contributed by atoms with Gasteiger partial charge in [-0.05, 0) is 61.7 Å². The average Bonchev–Trinajstić information content (AvgIpc) is 2.63. The number of amides is 1. The van der Waals surface area contributed by atoms with Crippen LogP contribution in [0, 0.1) is 0 Å². The van der Waals surface area contributed by atoms with Crippen LogP contribution < -0.4 is 10.1 Å². The van der Waals surface area contributed by atoms with Crippen molar-refractivity contribution in [3.05, 3.63) is 64.1 Å². The van der Waals surface area contributed by atoms with Gasteiger partial charge in [-0.3, -0.25) is 9.59 Å². The SMILES string of the molecule is COc1ccc(C(=O)CCCC(=O)NC(C)Cc2ccc(Br)cc2)cc1. The van der Waals surface area contributed by atoms with Crippen molar-refractivity contribution in [3.63, 3.8) is 0 Å². The van der Waals surface area contributed by atoms with Gasteiger partial charge in [0.2, 0.25) is 5.91 Å². The van der Waals surface area contributed by atoms with E-state index in [-0.39, 0.29) is 17.7 Å². The molecule has 1 unspecified atom stereocenters. The van der Waals surface area contributed by atoms with E-state index in [2.05, 4.69) is 21.2 Å². The maximum Gasteiger partial charge on any atom is 0.220 e. The van der Waals surface area contributed by atoms with Gasteiger partial charge >= 0.3 is 0 Å². The third-order valence-electron chi connectivity index (χ3n) is 4.08. The van der Waals surface area contributed by atoms with Crippen LogP contribution in [0.4, 0.5) is 0 Å². The van der Waals surface area contributed by atoms with Crippen LogP contribution in [0.1, 0.15) is 42.1 Å². The molecule has 1 atom stereocenters. The number of carbonyl (C=O) groups excluding carboxylic acids is 2. The monoisotopic (exact) mass is 417 g/mol. The molecule has 0 aromatic heterocycles. The van der Waals surface area contributed by atoms with Gasteiger partial charge in [-0.1, -0.05) is 28.1 Å². The normalized spacial score (nSPS) is 11.7. The first kappa shape index (κ1) is 20.2. The second-order valence-corrected chi connectivity index (χ2v) is 7.22. The van der Waals surface area contributed by atoms with E-state index in [4.69, 9.17) is 4.74 Å². The van der Waals surface area contributed by atoms with E-state index in [1.54, 1.807) is 31.4 Å². The number of hydrogen-bond acceptors (Lipinski definition) is 3. The molecule has 2 rings (SSSR count). The number of benzene rings is 2. The topological polar surface area (TPSA) is 55.4 Å². The van der Waals surface area contributed by atoms with Crippen molar-refractivity contribution in [2.75, 3.05) is 7.11 Å². The summed E-state index contributed by atoms with van der Waals surface area (Å²) < 4.78 is 6.12. The van der Waals surface area contributed by atoms with Gasteiger partial charge in [0.25, 0.3) is 0 Å². The van der Waals surface area contributed by atoms with E-state index < -0.39 is 0 Å². The van der Waals surface area contributed by atoms with E-state index in [9.17, 15) is 9.59 Å². The first-order valence-electron chi connectivity index (χ1n) is 8.69. The van der Waals surface area contributed by atoms with Crippen molar-refractivity contribution in [1.82, 2.24) is 5.32 Å². The predicted molar refractivity (Wildman–Crippen MR) is 107 cm³/mol. The molecule has 138 valence electrons. The number of nitrogens with one attached hydrogen (secondary N) is 1. The van der Waals surface area contributed by atoms with Crippen molar-refractivity contribution < 1.29 is 14.3 Å². The van der Waals surface area contributed by atoms with Crippen LogP contribution in [0.25, 0.3) is 0 Å². The van der Waals surface area contributed by atoms with Gasteiger partial charge < -0.3 is 10.1 Å². The van der Waals surface area contributed by atoms with Gasteiger partial charge in [0.1, 0.15) is 5.75 Å². The molecule has 1 N–H and O–H groups in total. The Labute approximate surface area is 163 Å². The van der Waals surface area contributed by atoms with Gasteiger partial charge in [0.15, 0.2) is 5.78 Å². The van der Waals surface area contributed by atoms with E-state index in [0.29, 0.717) is 24.8 Å². The molecule has 0 fully saturated rings. The third kappa shape index (κ3) is 6.64. The summed E-state index contributed by atoms with van der Waals surface area (Å²) in [5, 5.41) is 2.99. The highest BCUT2D eigenvalue weighted by atomic mass is 79.9. The molecule has 1 amide bonds. The molecule has 2 aromatic carbocycles. The molecule has 0 spiro atoms. The van der Waals surface area contributed by atoms with Crippen LogP contribution in [-0.2, 0) is 11.2 Å². The highest BCUT2D eigenvalue weighted by Gasteiger charge is 2.11. The second kappa shape index (κ2) is 10.1. The van der Waals surface area contributed by atoms with Crippen LogP contribution >= 0.6 is 15.9 Å². The molecule has 0 aliphatic rings. The fraction of sp³-hybridized carbons (Fsp3) is 0.333. The molecule has 2 aromatic rings. The van der Waals surface area contributed by atoms with Crippen molar-refractivity contribution in [2.24, 2.45) is 0 Å². The second-order valence-electron chi connectivity index (χ2n) is 6.30. The number of ketones is 1. The predicted octanol–water partition coefficient (Wildman–Crippen LogP) is 4.56. The maximum atomic E-state index is 12.1. The van der Waals surface area contributed by atoms with Crippen molar-refractivity contribution in [3.8, 4) is 5.75 Å². The Morgan fingerprint density at radius 3 is 2.31 bits per heavy atom. The number of Topliss-reactive ketones (excluding diaryl/α,β-unsaturated/α-hetero) is 1. The molecule has 0 radical (unpaired) electrons. The minimum Gasteiger partial charge on any atom is -0.497 e. The quantitative estimate of drug-likeness (QED) is 0.608. The molecule has 0 aliphatic heterocycles. The Morgan fingerprint density at radius 2 is 1.69 bits per heavy atom. The van der Waals surface area contributed by atoms with Crippen molar-refractivity contribution in [1.29, 1.82) is 0 Å². The van der Waals surface area contributed by atoms with E-state index in [1.807, 2.05) is 31.2 Å². The fourth-order valence-electron chi connectivity index (χ4n) is 2.70. The Balaban J connectivity index is 1.70. The number of halogens is 1. The summed E-state index contributed by atoms with van der Waals surface area (Å²) in [5.41, 5.74) is 1.82. The molecule has 5 heteroatoms. The summed E-state index contributed by atoms with van der Waals surface area (Å²) in [4.78, 5) is 24.2. The molecular weight excluding hydrogens is 394 g/mol. The molecule has 0 aliphatic carbocycles. The summed E-state index contributed by atoms with van der Waals surface area (Å²) in [6, 6.07) is 15.2. The number of ether oxygens (including phenoxy) is 1. The fourth-order valence-corrected chi connectivity index (χ4v) is 2.97. The molecule has 0 saturated heterocycles. The van der Waals surface area contributed by atoms with Crippen molar-refractivity contribution in [2.45, 2.75) is 38.6 Å². The number of methoxy groups -OCH3 is 1. The first-order valence-corrected chi connectivity index (χ1v) is 9.48. The average molecular weight is 418 g/mol. The van der Waals surface area contributed by atoms with E-state index in [0.717, 1.165) is 16.6 Å². The lowest BCUT2D eigenvalue weighted by Crippen LogP contribution is -2.33. The Hall–Kier alpha value is -2.14. The zero-order chi connectivity index (χ0) is 18.9. The van der Waals surface area contributed by atoms with Crippen LogP contribution in [0.5, 0.6) is 5.75 Å². The van der Waals surface area contributed by atoms with Gasteiger partial charge in [-0.25, -0.2) is 0 Å². The lowest BCUT2D eigenvalue weighted by Gasteiger charge is -2.14. The largest absolute Gasteiger partial charge is 0.497 e. The minimum atomic E-state index is -0.0165. The molecule has 0 heterocycles. The smallest absolute Gasteiger partial charge is 0.220 e. The third-order valence-corrected chi connectivity index (χ3v) is 4.61. The van der Waals surface area contributed by atoms with E-state index in [1.165, 1.54) is 5.56 Å². The van der Waals surface area contributed by atoms with Gasteiger partial charge in [-0.15, -0.1) is 0 Å². The Bertz CT molecular complexity index is 726. The number of hydrogen-bond donors (Lipinski definition) is 1. The summed E-state index contributed by atoms with van der Waals surface area (Å²) >= 11 is 3.41. The molecular formula is C21H24BrNO3. The van der Waals surface area contributed by atoms with Gasteiger partial charge in [0.05, 0.1) is 7.11 Å². The zero-order valence-electron chi connectivity index (χ0n) is 15.1. The molecule has 4 nitrogen and oxygen atoms in total. The van der Waals surface area contributed by atoms with Crippen LogP contribution in [0.2, 0.25) is 0 Å². The molecule has 0 saturated carbocycles. The Morgan fingerprint density at radius 1 is 1.04 bits per heavy atom. The standard InChI is InChI=1S/C21H24BrNO3/c1-15(14-16-6-10-18(22)11-7-16)23-21(25)5-3-4-20(24)17-8-12-19(26-2)13-9-17/h6-13,15H,3-5,14H2,1-2H3,(H,23,25). The highest BCUT2D eigenvalue weighted by Crippen LogP contribution is 2.14. The van der Waals surface area contributed by atoms with Crippen LogP contribution in [0.3, 0.4) is 0 Å². The first-order chi connectivity index (χ1) is 12.5. The van der Waals surface area contributed by atoms with Crippen LogP contribution in [-0.4, -0.2) is 24.8 Å². The van der Waals surface area contributed by atoms with Crippen molar-refractivity contribution >= 4 is 27.6 Å².